The van der Waals surface area contributed by atoms with Gasteiger partial charge in [0.2, 0.25) is 10.0 Å². The molecule has 0 radical (unpaired) electrons. The molecule has 0 aliphatic carbocycles. The molecule has 1 atom stereocenters. The predicted molar refractivity (Wildman–Crippen MR) is 81.1 cm³/mol. The summed E-state index contributed by atoms with van der Waals surface area (Å²) in [4.78, 5) is 2.46. The second-order valence-corrected chi connectivity index (χ2v) is 7.21. The first-order chi connectivity index (χ1) is 10.0. The van der Waals surface area contributed by atoms with Gasteiger partial charge in [0.1, 0.15) is 5.82 Å². The van der Waals surface area contributed by atoms with Gasteiger partial charge >= 0.3 is 0 Å². The van der Waals surface area contributed by atoms with Crippen molar-refractivity contribution in [1.29, 1.82) is 0 Å². The maximum absolute atomic E-state index is 12.8. The maximum Gasteiger partial charge on any atom is 0.240 e. The number of benzene rings is 1. The minimum Gasteiger partial charge on any atom is -0.299 e. The van der Waals surface area contributed by atoms with Gasteiger partial charge in [-0.05, 0) is 50.1 Å². The first-order valence-electron chi connectivity index (χ1n) is 7.52. The van der Waals surface area contributed by atoms with Crippen molar-refractivity contribution in [2.45, 2.75) is 43.5 Å². The predicted octanol–water partition coefficient (Wildman–Crippen LogP) is 2.37. The fourth-order valence-corrected chi connectivity index (χ4v) is 3.86. The zero-order chi connectivity index (χ0) is 15.3. The number of hydrogen-bond acceptors (Lipinski definition) is 3. The number of nitrogens with zero attached hydrogens (tertiary/aromatic N) is 1. The molecule has 1 saturated heterocycles. The van der Waals surface area contributed by atoms with Crippen LogP contribution < -0.4 is 4.72 Å². The van der Waals surface area contributed by atoms with Crippen molar-refractivity contribution in [3.8, 4) is 0 Å². The molecule has 2 rings (SSSR count). The molecule has 1 aliphatic rings. The van der Waals surface area contributed by atoms with E-state index in [1.54, 1.807) is 0 Å². The molecule has 118 valence electrons. The van der Waals surface area contributed by atoms with Gasteiger partial charge in [-0.3, -0.25) is 4.90 Å². The SMILES string of the molecule is CCC1CCCCN1CCNS(=O)(=O)c1ccc(F)cc1. The Labute approximate surface area is 126 Å². The summed E-state index contributed by atoms with van der Waals surface area (Å²) in [5, 5.41) is 0. The van der Waals surface area contributed by atoms with Crippen LogP contribution in [0.4, 0.5) is 4.39 Å². The molecule has 1 aromatic carbocycles. The third kappa shape index (κ3) is 4.49. The second kappa shape index (κ2) is 7.33. The number of hydrogen-bond donors (Lipinski definition) is 1. The van der Waals surface area contributed by atoms with Gasteiger partial charge in [0.05, 0.1) is 4.90 Å². The van der Waals surface area contributed by atoms with Crippen LogP contribution in [0.3, 0.4) is 0 Å². The number of piperidine rings is 1. The van der Waals surface area contributed by atoms with Crippen molar-refractivity contribution >= 4 is 10.0 Å². The molecule has 0 spiro atoms. The van der Waals surface area contributed by atoms with Crippen molar-refractivity contribution < 1.29 is 12.8 Å². The standard InChI is InChI=1S/C15H23FN2O2S/c1-2-14-5-3-4-11-18(14)12-10-17-21(19,20)15-8-6-13(16)7-9-15/h6-9,14,17H,2-5,10-12H2,1H3. The lowest BCUT2D eigenvalue weighted by Gasteiger charge is -2.35. The fraction of sp³-hybridized carbons (Fsp3) is 0.600. The number of halogens is 1. The summed E-state index contributed by atoms with van der Waals surface area (Å²) in [6.45, 7) is 4.32. The van der Waals surface area contributed by atoms with Crippen molar-refractivity contribution in [2.24, 2.45) is 0 Å². The normalized spacial score (nSPS) is 20.6. The van der Waals surface area contributed by atoms with Gasteiger partial charge in [-0.1, -0.05) is 13.3 Å². The molecule has 1 fully saturated rings. The van der Waals surface area contributed by atoms with Crippen molar-refractivity contribution in [1.82, 2.24) is 9.62 Å². The van der Waals surface area contributed by atoms with Gasteiger partial charge in [0, 0.05) is 19.1 Å². The molecule has 6 heteroatoms. The summed E-state index contributed by atoms with van der Waals surface area (Å²) < 4.78 is 39.6. The summed E-state index contributed by atoms with van der Waals surface area (Å²) >= 11 is 0. The lowest BCUT2D eigenvalue weighted by Crippen LogP contribution is -2.43. The summed E-state index contributed by atoms with van der Waals surface area (Å²) in [5.74, 6) is -0.437. The average molecular weight is 314 g/mol. The number of likely N-dealkylation sites (tertiary alicyclic amines) is 1. The first kappa shape index (κ1) is 16.4. The molecule has 21 heavy (non-hydrogen) atoms. The van der Waals surface area contributed by atoms with Crippen LogP contribution in [0.25, 0.3) is 0 Å². The van der Waals surface area contributed by atoms with E-state index >= 15 is 0 Å². The van der Waals surface area contributed by atoms with Gasteiger partial charge in [-0.25, -0.2) is 17.5 Å². The Hall–Kier alpha value is -0.980. The summed E-state index contributed by atoms with van der Waals surface area (Å²) in [6.07, 6.45) is 4.74. The highest BCUT2D eigenvalue weighted by atomic mass is 32.2. The van der Waals surface area contributed by atoms with Crippen LogP contribution >= 0.6 is 0 Å². The lowest BCUT2D eigenvalue weighted by atomic mass is 10.0. The van der Waals surface area contributed by atoms with Crippen LogP contribution in [0.1, 0.15) is 32.6 Å². The third-order valence-electron chi connectivity index (χ3n) is 4.04. The molecule has 0 aromatic heterocycles. The second-order valence-electron chi connectivity index (χ2n) is 5.45. The van der Waals surface area contributed by atoms with E-state index < -0.39 is 15.8 Å². The van der Waals surface area contributed by atoms with E-state index in [0.717, 1.165) is 31.6 Å². The lowest BCUT2D eigenvalue weighted by molar-refractivity contribution is 0.147. The molecule has 1 aliphatic heterocycles. The summed E-state index contributed by atoms with van der Waals surface area (Å²) in [5.41, 5.74) is 0. The van der Waals surface area contributed by atoms with Crippen molar-refractivity contribution in [3.63, 3.8) is 0 Å². The molecule has 1 heterocycles. The highest BCUT2D eigenvalue weighted by Gasteiger charge is 2.21. The fourth-order valence-electron chi connectivity index (χ4n) is 2.84. The van der Waals surface area contributed by atoms with Crippen LogP contribution in [0.15, 0.2) is 29.2 Å². The van der Waals surface area contributed by atoms with Gasteiger partial charge in [0.25, 0.3) is 0 Å². The van der Waals surface area contributed by atoms with Gasteiger partial charge in [-0.2, -0.15) is 0 Å². The van der Waals surface area contributed by atoms with E-state index in [0.29, 0.717) is 12.6 Å². The van der Waals surface area contributed by atoms with E-state index in [4.69, 9.17) is 0 Å². The largest absolute Gasteiger partial charge is 0.299 e. The monoisotopic (exact) mass is 314 g/mol. The van der Waals surface area contributed by atoms with Crippen molar-refractivity contribution in [2.75, 3.05) is 19.6 Å². The van der Waals surface area contributed by atoms with E-state index in [1.165, 1.54) is 31.4 Å². The third-order valence-corrected chi connectivity index (χ3v) is 5.51. The van der Waals surface area contributed by atoms with E-state index in [9.17, 15) is 12.8 Å². The summed E-state index contributed by atoms with van der Waals surface area (Å²) in [7, 11) is -3.55. The zero-order valence-electron chi connectivity index (χ0n) is 12.4. The minimum absolute atomic E-state index is 0.106. The molecule has 4 nitrogen and oxygen atoms in total. The maximum atomic E-state index is 12.8. The molecular weight excluding hydrogens is 291 g/mol. The van der Waals surface area contributed by atoms with Crippen LogP contribution in [-0.2, 0) is 10.0 Å². The topological polar surface area (TPSA) is 49.4 Å². The van der Waals surface area contributed by atoms with Gasteiger partial charge < -0.3 is 0 Å². The molecule has 1 unspecified atom stereocenters. The smallest absolute Gasteiger partial charge is 0.240 e. The van der Waals surface area contributed by atoms with E-state index in [1.807, 2.05) is 0 Å². The van der Waals surface area contributed by atoms with Crippen LogP contribution in [0.2, 0.25) is 0 Å². The highest BCUT2D eigenvalue weighted by molar-refractivity contribution is 7.89. The molecule has 0 saturated carbocycles. The van der Waals surface area contributed by atoms with E-state index in [2.05, 4.69) is 16.5 Å². The van der Waals surface area contributed by atoms with Gasteiger partial charge in [0.15, 0.2) is 0 Å². The minimum atomic E-state index is -3.55. The van der Waals surface area contributed by atoms with Gasteiger partial charge in [-0.15, -0.1) is 0 Å². The Bertz CT molecular complexity index is 545. The van der Waals surface area contributed by atoms with Crippen molar-refractivity contribution in [3.05, 3.63) is 30.1 Å². The number of rotatable bonds is 6. The Morgan fingerprint density at radius 1 is 1.29 bits per heavy atom. The van der Waals surface area contributed by atoms with Crippen LogP contribution in [-0.4, -0.2) is 39.0 Å². The van der Waals surface area contributed by atoms with Crippen LogP contribution in [0.5, 0.6) is 0 Å². The molecule has 1 aromatic rings. The van der Waals surface area contributed by atoms with E-state index in [-0.39, 0.29) is 4.90 Å². The quantitative estimate of drug-likeness (QED) is 0.877. The number of nitrogens with one attached hydrogen (secondary N) is 1. The average Bonchev–Trinajstić information content (AvgIpc) is 2.48. The molecule has 1 N–H and O–H groups in total. The molecule has 0 bridgehead atoms. The van der Waals surface area contributed by atoms with Crippen LogP contribution in [0, 0.1) is 5.82 Å². The Balaban J connectivity index is 1.88. The molecular formula is C15H23FN2O2S. The Morgan fingerprint density at radius 2 is 2.00 bits per heavy atom. The number of sulfonamides is 1. The zero-order valence-corrected chi connectivity index (χ0v) is 13.2. The first-order valence-corrected chi connectivity index (χ1v) is 9.00. The Kier molecular flexibility index (Phi) is 5.72. The highest BCUT2D eigenvalue weighted by Crippen LogP contribution is 2.18. The summed E-state index contributed by atoms with van der Waals surface area (Å²) in [6, 6.07) is 5.45. The molecule has 0 amide bonds. The Morgan fingerprint density at radius 3 is 2.67 bits per heavy atom.